The third-order valence-electron chi connectivity index (χ3n) is 3.24. The van der Waals surface area contributed by atoms with Gasteiger partial charge in [0, 0.05) is 25.0 Å². The second-order valence-electron chi connectivity index (χ2n) is 5.38. The summed E-state index contributed by atoms with van der Waals surface area (Å²) in [7, 11) is 1.70. The maximum Gasteiger partial charge on any atom is 2.00 e. The number of ketones is 1. The molecule has 0 aliphatic rings. The molecule has 0 aromatic heterocycles. The number of benzene rings is 1. The van der Waals surface area contributed by atoms with Crippen LogP contribution in [0, 0.1) is 5.41 Å². The maximum absolute atomic E-state index is 11.7. The van der Waals surface area contributed by atoms with Crippen LogP contribution in [-0.4, -0.2) is 37.2 Å². The number of nitrogens with one attached hydrogen (secondary N) is 2. The molecule has 4 N–H and O–H groups in total. The van der Waals surface area contributed by atoms with Crippen LogP contribution in [0.4, 0.5) is 0 Å². The Bertz CT molecular complexity index is 674. The van der Waals surface area contributed by atoms with Gasteiger partial charge in [0.1, 0.15) is 11.6 Å². The minimum Gasteiger partial charge on any atom is -0.660 e. The van der Waals surface area contributed by atoms with Gasteiger partial charge in [-0.05, 0) is 12.1 Å². The Balaban J connectivity index is 0.00000576. The number of nitrogen functional groups attached to an aromatic ring is 1. The molecule has 1 amide bonds. The number of carbonyl (C=O) groups is 2. The van der Waals surface area contributed by atoms with Crippen LogP contribution in [0.15, 0.2) is 23.9 Å². The van der Waals surface area contributed by atoms with Crippen molar-refractivity contribution in [3.63, 3.8) is 0 Å². The second kappa shape index (κ2) is 10.8. The number of Topliss-reactive ketones (excluding diaryl/α,β-unsaturated/α-hetero) is 1. The van der Waals surface area contributed by atoms with Crippen molar-refractivity contribution in [1.82, 2.24) is 5.32 Å². The number of hydrogen-bond donors (Lipinski definition) is 3. The molecule has 1 aromatic rings. The van der Waals surface area contributed by atoms with Gasteiger partial charge >= 0.3 is 21.1 Å². The molecule has 0 aliphatic heterocycles. The van der Waals surface area contributed by atoms with Gasteiger partial charge < -0.3 is 21.1 Å². The van der Waals surface area contributed by atoms with Gasteiger partial charge in [0.05, 0.1) is 12.3 Å². The van der Waals surface area contributed by atoms with Gasteiger partial charge in [-0.3, -0.25) is 15.0 Å². The van der Waals surface area contributed by atoms with E-state index < -0.39 is 0 Å². The quantitative estimate of drug-likeness (QED) is 0.278. The van der Waals surface area contributed by atoms with E-state index in [2.05, 4.69) is 10.6 Å². The predicted octanol–water partition coefficient (Wildman–Crippen LogP) is 1.80. The monoisotopic (exact) mass is 515 g/mol. The molecule has 0 fully saturated rings. The van der Waals surface area contributed by atoms with Gasteiger partial charge in [-0.25, -0.2) is 0 Å². The molecular weight excluding hydrogens is 492 g/mol. The third kappa shape index (κ3) is 7.62. The Morgan fingerprint density at radius 3 is 2.52 bits per heavy atom. The molecular formula is C17H23N4O3W+. The number of hydrogen-bond acceptors (Lipinski definition) is 4. The number of ether oxygens (including phenoxy) is 1. The van der Waals surface area contributed by atoms with Crippen LogP contribution in [0.2, 0.25) is 0 Å². The Kier molecular flexibility index (Phi) is 9.94. The number of nitrogens with two attached hydrogens (primary N) is 1. The van der Waals surface area contributed by atoms with Gasteiger partial charge in [-0.15, -0.1) is 6.04 Å². The molecule has 0 radical (unpaired) electrons. The molecule has 0 aliphatic carbocycles. The summed E-state index contributed by atoms with van der Waals surface area (Å²) in [5.74, 6) is -0.235. The average molecular weight is 515 g/mol. The summed E-state index contributed by atoms with van der Waals surface area (Å²) in [4.78, 5) is 22.9. The van der Waals surface area contributed by atoms with Gasteiger partial charge in [0.25, 0.3) is 0 Å². The summed E-state index contributed by atoms with van der Waals surface area (Å²) >= 11 is 0. The number of amidine groups is 1. The van der Waals surface area contributed by atoms with Crippen LogP contribution >= 0.6 is 0 Å². The first-order chi connectivity index (χ1) is 11.2. The fourth-order valence-electron chi connectivity index (χ4n) is 1.80. The Morgan fingerprint density at radius 2 is 2.04 bits per heavy atom. The van der Waals surface area contributed by atoms with E-state index in [1.807, 2.05) is 6.92 Å². The number of likely N-dealkylation sites (N-methyl/N-ethyl adjacent to an activating group) is 1. The van der Waals surface area contributed by atoms with E-state index in [1.54, 1.807) is 25.2 Å². The smallest absolute Gasteiger partial charge is 0.660 e. The normalized spacial score (nSPS) is 11.9. The van der Waals surface area contributed by atoms with E-state index in [-0.39, 0.29) is 50.3 Å². The maximum atomic E-state index is 11.7. The van der Waals surface area contributed by atoms with Crippen LogP contribution in [0.1, 0.15) is 31.9 Å². The molecule has 1 aromatic carbocycles. The molecule has 0 saturated heterocycles. The first kappa shape index (κ1) is 23.0. The molecule has 25 heavy (non-hydrogen) atoms. The van der Waals surface area contributed by atoms with Crippen molar-refractivity contribution >= 4 is 23.6 Å². The standard InChI is InChI=1S/C17H23N4O3.W/c1-10(20-4)9-24-16-8-14(17(18)19)6-5-13(16)7-15(11(2)22)21-12(3)23;/h5-8,10H,9H2,1-4H3,(H3,18,19)(H,21,23);/q-1;+2/b15-7+;. The van der Waals surface area contributed by atoms with E-state index in [9.17, 15) is 9.59 Å². The number of amides is 1. The summed E-state index contributed by atoms with van der Waals surface area (Å²) in [5.41, 5.74) is 6.78. The first-order valence-corrected chi connectivity index (χ1v) is 7.45. The Hall–Kier alpha value is -1.98. The topological polar surface area (TPSA) is 119 Å². The van der Waals surface area contributed by atoms with E-state index in [1.165, 1.54) is 19.9 Å². The van der Waals surface area contributed by atoms with E-state index >= 15 is 0 Å². The third-order valence-corrected chi connectivity index (χ3v) is 3.24. The molecule has 0 spiro atoms. The minimum absolute atomic E-state index is 0. The molecule has 1 unspecified atom stereocenters. The molecule has 0 bridgehead atoms. The summed E-state index contributed by atoms with van der Waals surface area (Å²) in [6.07, 6.45) is 1.54. The van der Waals surface area contributed by atoms with Crippen LogP contribution in [0.5, 0.6) is 5.75 Å². The molecule has 0 saturated carbocycles. The molecule has 0 heterocycles. The minimum atomic E-state index is -0.335. The summed E-state index contributed by atoms with van der Waals surface area (Å²) in [6.45, 7) is 4.94. The van der Waals surface area contributed by atoms with Crippen LogP contribution in [0.3, 0.4) is 0 Å². The summed E-state index contributed by atoms with van der Waals surface area (Å²) in [6, 6.07) is 4.96. The molecule has 134 valence electrons. The molecule has 1 atom stereocenters. The molecule has 7 nitrogen and oxygen atoms in total. The summed E-state index contributed by atoms with van der Waals surface area (Å²) in [5, 5.41) is 14.1. The van der Waals surface area contributed by atoms with Crippen LogP contribution in [0.25, 0.3) is 11.4 Å². The fraction of sp³-hybridized carbons (Fsp3) is 0.353. The predicted molar refractivity (Wildman–Crippen MR) is 94.2 cm³/mol. The molecule has 8 heteroatoms. The Labute approximate surface area is 162 Å². The van der Waals surface area contributed by atoms with Gasteiger partial charge in [-0.1, -0.05) is 19.1 Å². The zero-order valence-corrected chi connectivity index (χ0v) is 17.7. The Morgan fingerprint density at radius 1 is 1.40 bits per heavy atom. The zero-order chi connectivity index (χ0) is 18.3. The average Bonchev–Trinajstić information content (AvgIpc) is 2.51. The van der Waals surface area contributed by atoms with Crippen molar-refractivity contribution in [2.45, 2.75) is 26.8 Å². The number of carbonyl (C=O) groups excluding carboxylic acids is 2. The first-order valence-electron chi connectivity index (χ1n) is 7.45. The van der Waals surface area contributed by atoms with Crippen LogP contribution < -0.4 is 15.8 Å². The summed E-state index contributed by atoms with van der Waals surface area (Å²) < 4.78 is 5.75. The molecule has 1 rings (SSSR count). The second-order valence-corrected chi connectivity index (χ2v) is 5.38. The van der Waals surface area contributed by atoms with Gasteiger partial charge in [-0.2, -0.15) is 7.05 Å². The van der Waals surface area contributed by atoms with Crippen molar-refractivity contribution in [1.29, 1.82) is 5.41 Å². The van der Waals surface area contributed by atoms with Crippen molar-refractivity contribution < 1.29 is 35.4 Å². The van der Waals surface area contributed by atoms with Crippen molar-refractivity contribution in [2.75, 3.05) is 13.7 Å². The van der Waals surface area contributed by atoms with Crippen molar-refractivity contribution in [3.8, 4) is 5.75 Å². The van der Waals surface area contributed by atoms with Crippen molar-refractivity contribution in [3.05, 3.63) is 40.3 Å². The van der Waals surface area contributed by atoms with Gasteiger partial charge in [0.2, 0.25) is 5.91 Å². The fourth-order valence-corrected chi connectivity index (χ4v) is 1.80. The number of allylic oxidation sites excluding steroid dienone is 1. The van der Waals surface area contributed by atoms with Crippen molar-refractivity contribution in [2.24, 2.45) is 5.73 Å². The SMILES string of the molecule is C[N-]C(C)COc1cc(C(=N)N)ccc1/C=C(/NC(C)=O)C(C)=O.[W+2]. The number of rotatable bonds is 8. The van der Waals surface area contributed by atoms with Crippen LogP contribution in [-0.2, 0) is 30.7 Å². The largest absolute Gasteiger partial charge is 2.00 e. The zero-order valence-electron chi connectivity index (χ0n) is 14.8. The number of nitrogens with zero attached hydrogens (tertiary/aromatic N) is 1. The van der Waals surface area contributed by atoms with E-state index in [0.29, 0.717) is 23.5 Å². The van der Waals surface area contributed by atoms with E-state index in [0.717, 1.165) is 0 Å². The van der Waals surface area contributed by atoms with E-state index in [4.69, 9.17) is 15.9 Å². The van der Waals surface area contributed by atoms with Gasteiger partial charge in [0.15, 0.2) is 5.78 Å².